The van der Waals surface area contributed by atoms with Gasteiger partial charge in [0.05, 0.1) is 6.61 Å². The summed E-state index contributed by atoms with van der Waals surface area (Å²) in [6, 6.07) is 1.06. The normalized spacial score (nSPS) is 10.8. The van der Waals surface area contributed by atoms with E-state index < -0.39 is 13.0 Å². The zero-order chi connectivity index (χ0) is 10.0. The summed E-state index contributed by atoms with van der Waals surface area (Å²) in [6.07, 6.45) is -2.66. The Bertz CT molecular complexity index is 320. The van der Waals surface area contributed by atoms with Crippen LogP contribution in [0.25, 0.3) is 0 Å². The van der Waals surface area contributed by atoms with Crippen molar-refractivity contribution in [2.24, 2.45) is 0 Å². The fourth-order valence-electron chi connectivity index (χ4n) is 0.930. The maximum atomic E-state index is 12.4. The summed E-state index contributed by atoms with van der Waals surface area (Å²) < 4.78 is 24.9. The maximum Gasteiger partial charge on any atom is 0.264 e. The summed E-state index contributed by atoms with van der Waals surface area (Å²) in [5.74, 6) is -0.000579. The van der Waals surface area contributed by atoms with Crippen LogP contribution in [0, 0.1) is 0 Å². The number of hydrogen-bond acceptors (Lipinski definition) is 3. The van der Waals surface area contributed by atoms with Gasteiger partial charge in [-0.3, -0.25) is 0 Å². The third-order valence-corrected chi connectivity index (χ3v) is 2.18. The number of anilines is 1. The number of aliphatic hydroxyl groups excluding tert-OH is 1. The van der Waals surface area contributed by atoms with Gasteiger partial charge in [-0.2, -0.15) is 0 Å². The Kier molecular flexibility index (Phi) is 3.16. The van der Waals surface area contributed by atoms with Crippen molar-refractivity contribution >= 4 is 21.7 Å². The summed E-state index contributed by atoms with van der Waals surface area (Å²) in [7, 11) is 0. The first-order valence-corrected chi connectivity index (χ1v) is 4.19. The van der Waals surface area contributed by atoms with Gasteiger partial charge in [-0.15, -0.1) is 0 Å². The topological polar surface area (TPSA) is 59.1 Å². The lowest BCUT2D eigenvalue weighted by Crippen LogP contribution is -2.01. The number of halogens is 3. The molecule has 3 nitrogen and oxygen atoms in total. The first-order valence-electron chi connectivity index (χ1n) is 3.40. The van der Waals surface area contributed by atoms with Crippen molar-refractivity contribution in [1.29, 1.82) is 0 Å². The number of hydrogen-bond donors (Lipinski definition) is 2. The van der Waals surface area contributed by atoms with Crippen LogP contribution in [0.4, 0.5) is 14.6 Å². The Hall–Kier alpha value is -0.750. The number of rotatable bonds is 2. The summed E-state index contributed by atoms with van der Waals surface area (Å²) in [5, 5.41) is 8.79. The zero-order valence-corrected chi connectivity index (χ0v) is 8.05. The van der Waals surface area contributed by atoms with E-state index in [9.17, 15) is 8.78 Å². The molecule has 0 aromatic carbocycles. The van der Waals surface area contributed by atoms with Crippen LogP contribution in [-0.2, 0) is 6.61 Å². The van der Waals surface area contributed by atoms with Crippen molar-refractivity contribution in [3.05, 3.63) is 21.8 Å². The second-order valence-corrected chi connectivity index (χ2v) is 3.12. The Morgan fingerprint density at radius 2 is 2.23 bits per heavy atom. The minimum absolute atomic E-state index is 0.000579. The van der Waals surface area contributed by atoms with Gasteiger partial charge in [0, 0.05) is 11.1 Å². The summed E-state index contributed by atoms with van der Waals surface area (Å²) >= 11 is 2.94. The van der Waals surface area contributed by atoms with Gasteiger partial charge in [-0.25, -0.2) is 13.8 Å². The van der Waals surface area contributed by atoms with E-state index in [1.54, 1.807) is 0 Å². The predicted molar refractivity (Wildman–Crippen MR) is 47.2 cm³/mol. The van der Waals surface area contributed by atoms with Crippen molar-refractivity contribution in [3.63, 3.8) is 0 Å². The zero-order valence-electron chi connectivity index (χ0n) is 6.47. The van der Waals surface area contributed by atoms with Crippen LogP contribution >= 0.6 is 15.9 Å². The number of aliphatic hydroxyl groups is 1. The quantitative estimate of drug-likeness (QED) is 0.791. The molecule has 13 heavy (non-hydrogen) atoms. The molecular formula is C7H7BrF2N2O. The molecule has 1 heterocycles. The monoisotopic (exact) mass is 252 g/mol. The average molecular weight is 253 g/mol. The number of nitrogen functional groups attached to an aromatic ring is 1. The number of nitrogens with two attached hydrogens (primary N) is 1. The third kappa shape index (κ3) is 2.13. The number of nitrogens with zero attached hydrogens (tertiary/aromatic N) is 1. The molecule has 3 N–H and O–H groups in total. The molecule has 0 aliphatic rings. The molecule has 0 fully saturated rings. The van der Waals surface area contributed by atoms with Crippen LogP contribution in [0.2, 0.25) is 0 Å². The molecule has 6 heteroatoms. The molecule has 1 rings (SSSR count). The van der Waals surface area contributed by atoms with E-state index in [1.165, 1.54) is 0 Å². The Morgan fingerprint density at radius 3 is 2.69 bits per heavy atom. The minimum atomic E-state index is -2.66. The van der Waals surface area contributed by atoms with Crippen LogP contribution in [-0.4, -0.2) is 10.1 Å². The van der Waals surface area contributed by atoms with Crippen LogP contribution in [0.1, 0.15) is 17.6 Å². The Labute approximate surface area is 81.7 Å². The van der Waals surface area contributed by atoms with Gasteiger partial charge >= 0.3 is 0 Å². The smallest absolute Gasteiger partial charge is 0.264 e. The van der Waals surface area contributed by atoms with Crippen LogP contribution < -0.4 is 5.73 Å². The molecule has 0 amide bonds. The second-order valence-electron chi connectivity index (χ2n) is 2.36. The molecular weight excluding hydrogens is 246 g/mol. The van der Waals surface area contributed by atoms with Crippen LogP contribution in [0.5, 0.6) is 0 Å². The van der Waals surface area contributed by atoms with E-state index in [1.807, 2.05) is 0 Å². The van der Waals surface area contributed by atoms with Crippen molar-refractivity contribution < 1.29 is 13.9 Å². The molecule has 0 atom stereocenters. The SMILES string of the molecule is Nc1cc(C(F)F)c(CO)c(Br)n1. The lowest BCUT2D eigenvalue weighted by Gasteiger charge is -2.08. The Balaban J connectivity index is 3.29. The highest BCUT2D eigenvalue weighted by molar-refractivity contribution is 9.10. The van der Waals surface area contributed by atoms with Crippen LogP contribution in [0.15, 0.2) is 10.7 Å². The molecule has 0 saturated heterocycles. The van der Waals surface area contributed by atoms with Crippen molar-refractivity contribution in [3.8, 4) is 0 Å². The van der Waals surface area contributed by atoms with Crippen LogP contribution in [0.3, 0.4) is 0 Å². The molecule has 0 aliphatic heterocycles. The van der Waals surface area contributed by atoms with E-state index in [0.29, 0.717) is 0 Å². The van der Waals surface area contributed by atoms with Gasteiger partial charge in [-0.1, -0.05) is 0 Å². The first-order chi connectivity index (χ1) is 6.06. The highest BCUT2D eigenvalue weighted by Gasteiger charge is 2.16. The van der Waals surface area contributed by atoms with Crippen molar-refractivity contribution in [1.82, 2.24) is 4.98 Å². The molecule has 0 aliphatic carbocycles. The molecule has 0 spiro atoms. The fraction of sp³-hybridized carbons (Fsp3) is 0.286. The molecule has 0 unspecified atom stereocenters. The van der Waals surface area contributed by atoms with E-state index in [0.717, 1.165) is 6.07 Å². The molecule has 72 valence electrons. The number of aromatic nitrogens is 1. The van der Waals surface area contributed by atoms with Gasteiger partial charge < -0.3 is 10.8 Å². The number of pyridine rings is 1. The first kappa shape index (κ1) is 10.3. The van der Waals surface area contributed by atoms with Gasteiger partial charge in [0.1, 0.15) is 10.4 Å². The third-order valence-electron chi connectivity index (χ3n) is 1.52. The van der Waals surface area contributed by atoms with E-state index in [4.69, 9.17) is 10.8 Å². The Morgan fingerprint density at radius 1 is 1.62 bits per heavy atom. The average Bonchev–Trinajstić information content (AvgIpc) is 2.02. The summed E-state index contributed by atoms with van der Waals surface area (Å²) in [5.41, 5.74) is 5.05. The summed E-state index contributed by atoms with van der Waals surface area (Å²) in [6.45, 7) is -0.493. The largest absolute Gasteiger partial charge is 0.392 e. The second kappa shape index (κ2) is 3.97. The highest BCUT2D eigenvalue weighted by atomic mass is 79.9. The van der Waals surface area contributed by atoms with Gasteiger partial charge in [0.25, 0.3) is 6.43 Å². The molecule has 0 bridgehead atoms. The van der Waals surface area contributed by atoms with Gasteiger partial charge in [0.2, 0.25) is 0 Å². The predicted octanol–water partition coefficient (Wildman–Crippen LogP) is 1.86. The maximum absolute atomic E-state index is 12.4. The van der Waals surface area contributed by atoms with Gasteiger partial charge in [0.15, 0.2) is 0 Å². The van der Waals surface area contributed by atoms with E-state index in [-0.39, 0.29) is 21.5 Å². The number of alkyl halides is 2. The fourth-order valence-corrected chi connectivity index (χ4v) is 1.49. The van der Waals surface area contributed by atoms with E-state index >= 15 is 0 Å². The molecule has 0 radical (unpaired) electrons. The van der Waals surface area contributed by atoms with Crippen molar-refractivity contribution in [2.45, 2.75) is 13.0 Å². The molecule has 0 saturated carbocycles. The summed E-state index contributed by atoms with van der Waals surface area (Å²) in [4.78, 5) is 3.69. The molecule has 1 aromatic heterocycles. The van der Waals surface area contributed by atoms with Crippen molar-refractivity contribution in [2.75, 3.05) is 5.73 Å². The standard InChI is InChI=1S/C7H7BrF2N2O/c8-6-4(2-13)3(7(9)10)1-5(11)12-6/h1,7,13H,2H2,(H2,11,12). The molecule has 1 aromatic rings. The van der Waals surface area contributed by atoms with E-state index in [2.05, 4.69) is 20.9 Å². The lowest BCUT2D eigenvalue weighted by molar-refractivity contribution is 0.147. The highest BCUT2D eigenvalue weighted by Crippen LogP contribution is 2.28. The lowest BCUT2D eigenvalue weighted by atomic mass is 10.1. The minimum Gasteiger partial charge on any atom is -0.392 e. The van der Waals surface area contributed by atoms with Gasteiger partial charge in [-0.05, 0) is 22.0 Å².